The van der Waals surface area contributed by atoms with Crippen LogP contribution in [0.1, 0.15) is 81.4 Å². The highest BCUT2D eigenvalue weighted by Gasteiger charge is 2.60. The number of rotatable bonds is 3. The molecule has 0 spiro atoms. The van der Waals surface area contributed by atoms with E-state index in [-0.39, 0.29) is 28.9 Å². The van der Waals surface area contributed by atoms with E-state index >= 15 is 0 Å². The number of aromatic hydroxyl groups is 1. The number of ketones is 1. The number of Topliss-reactive ketones (excluding diaryl/α,β-unsaturated/α-hetero) is 1. The lowest BCUT2D eigenvalue weighted by molar-refractivity contribution is -0.153. The zero-order valence-electron chi connectivity index (χ0n) is 18.2. The van der Waals surface area contributed by atoms with Gasteiger partial charge >= 0.3 is 0 Å². The number of phenols is 1. The molecule has 30 heavy (non-hydrogen) atoms. The van der Waals surface area contributed by atoms with Gasteiger partial charge in [-0.1, -0.05) is 38.0 Å². The van der Waals surface area contributed by atoms with Gasteiger partial charge in [-0.2, -0.15) is 0 Å². The summed E-state index contributed by atoms with van der Waals surface area (Å²) in [5, 5.41) is 22.6. The summed E-state index contributed by atoms with van der Waals surface area (Å²) in [4.78, 5) is 12.5. The van der Waals surface area contributed by atoms with Crippen LogP contribution in [0, 0.1) is 18.8 Å². The van der Waals surface area contributed by atoms with Crippen molar-refractivity contribution in [2.45, 2.75) is 82.7 Å². The van der Waals surface area contributed by atoms with Crippen LogP contribution in [0.2, 0.25) is 0 Å². The number of carbonyl (C=O) groups is 1. The first-order valence-electron chi connectivity index (χ1n) is 11.2. The van der Waals surface area contributed by atoms with Crippen LogP contribution in [0.25, 0.3) is 0 Å². The van der Waals surface area contributed by atoms with Gasteiger partial charge in [0.25, 0.3) is 0 Å². The number of aryl methyl sites for hydroxylation is 1. The maximum absolute atomic E-state index is 12.3. The fraction of sp³-hybridized carbons (Fsp3) is 0.667. The summed E-state index contributed by atoms with van der Waals surface area (Å²) in [5.41, 5.74) is 11.3. The molecule has 4 rings (SSSR count). The van der Waals surface area contributed by atoms with Gasteiger partial charge in [0.05, 0.1) is 11.2 Å². The second-order valence-electron chi connectivity index (χ2n) is 9.57. The summed E-state index contributed by atoms with van der Waals surface area (Å²) >= 11 is 5.06. The molecule has 0 saturated heterocycles. The highest BCUT2D eigenvalue weighted by Crippen LogP contribution is 2.58. The number of aliphatic hydroxyl groups is 1. The van der Waals surface area contributed by atoms with Crippen molar-refractivity contribution in [3.05, 3.63) is 28.8 Å². The van der Waals surface area contributed by atoms with Crippen LogP contribution in [0.3, 0.4) is 0 Å². The van der Waals surface area contributed by atoms with Crippen LogP contribution in [0.4, 0.5) is 0 Å². The number of nitrogens with two attached hydrogens (primary N) is 2. The number of hydrogen-bond donors (Lipinski definition) is 4. The average molecular weight is 433 g/mol. The molecule has 0 radical (unpaired) electrons. The van der Waals surface area contributed by atoms with E-state index in [1.807, 2.05) is 19.9 Å². The van der Waals surface area contributed by atoms with Gasteiger partial charge in [-0.25, -0.2) is 0 Å². The first-order chi connectivity index (χ1) is 14.2. The quantitative estimate of drug-likeness (QED) is 0.543. The van der Waals surface area contributed by atoms with Gasteiger partial charge in [-0.15, -0.1) is 0 Å². The predicted octanol–water partition coefficient (Wildman–Crippen LogP) is 3.62. The van der Waals surface area contributed by atoms with Crippen LogP contribution < -0.4 is 11.5 Å². The highest BCUT2D eigenvalue weighted by molar-refractivity contribution is 7.80. The van der Waals surface area contributed by atoms with E-state index < -0.39 is 11.0 Å². The Morgan fingerprint density at radius 2 is 1.93 bits per heavy atom. The molecular formula is C24H36N2O3S. The van der Waals surface area contributed by atoms with E-state index in [9.17, 15) is 15.0 Å². The van der Waals surface area contributed by atoms with Crippen molar-refractivity contribution in [1.82, 2.24) is 0 Å². The maximum atomic E-state index is 12.3. The molecule has 6 heteroatoms. The van der Waals surface area contributed by atoms with Crippen molar-refractivity contribution in [3.63, 3.8) is 0 Å². The zero-order valence-corrected chi connectivity index (χ0v) is 19.1. The molecule has 6 N–H and O–H groups in total. The Hall–Kier alpha value is -1.50. The first kappa shape index (κ1) is 23.2. The fourth-order valence-corrected chi connectivity index (χ4v) is 5.94. The maximum Gasteiger partial charge on any atom is 0.134 e. The number of phenolic OH excluding ortho intramolecular Hbond substituents is 1. The lowest BCUT2D eigenvalue weighted by Gasteiger charge is -2.57. The molecule has 0 unspecified atom stereocenters. The lowest BCUT2D eigenvalue weighted by atomic mass is 9.50. The van der Waals surface area contributed by atoms with Gasteiger partial charge < -0.3 is 21.7 Å². The van der Waals surface area contributed by atoms with Crippen LogP contribution in [0.5, 0.6) is 5.75 Å². The molecule has 5 nitrogen and oxygen atoms in total. The molecule has 1 aromatic carbocycles. The van der Waals surface area contributed by atoms with Gasteiger partial charge in [-0.3, -0.25) is 4.79 Å². The van der Waals surface area contributed by atoms with Gasteiger partial charge in [0.1, 0.15) is 16.5 Å². The van der Waals surface area contributed by atoms with E-state index in [0.717, 1.165) is 30.9 Å². The molecule has 3 saturated carbocycles. The van der Waals surface area contributed by atoms with E-state index in [0.29, 0.717) is 30.4 Å². The van der Waals surface area contributed by atoms with Crippen molar-refractivity contribution in [2.75, 3.05) is 6.54 Å². The summed E-state index contributed by atoms with van der Waals surface area (Å²) < 4.78 is 0. The van der Waals surface area contributed by atoms with Crippen molar-refractivity contribution in [2.24, 2.45) is 23.3 Å². The van der Waals surface area contributed by atoms with Crippen LogP contribution >= 0.6 is 12.2 Å². The summed E-state index contributed by atoms with van der Waals surface area (Å²) in [6, 6.07) is 3.58. The van der Waals surface area contributed by atoms with Crippen LogP contribution in [0.15, 0.2) is 12.1 Å². The molecule has 0 aromatic heterocycles. The third-order valence-electron chi connectivity index (χ3n) is 7.86. The van der Waals surface area contributed by atoms with Crippen LogP contribution in [-0.4, -0.2) is 33.1 Å². The van der Waals surface area contributed by atoms with E-state index in [2.05, 4.69) is 0 Å². The summed E-state index contributed by atoms with van der Waals surface area (Å²) in [5.74, 6) is 1.15. The van der Waals surface area contributed by atoms with Crippen molar-refractivity contribution in [3.8, 4) is 5.75 Å². The Kier molecular flexibility index (Phi) is 6.90. The molecule has 3 aliphatic carbocycles. The van der Waals surface area contributed by atoms with Crippen molar-refractivity contribution in [1.29, 1.82) is 0 Å². The van der Waals surface area contributed by atoms with Gasteiger partial charge in [0.15, 0.2) is 0 Å². The number of thiocarbonyl (C=S) groups is 1. The second-order valence-corrected chi connectivity index (χ2v) is 10.0. The predicted molar refractivity (Wildman–Crippen MR) is 124 cm³/mol. The summed E-state index contributed by atoms with van der Waals surface area (Å²) in [7, 11) is 0. The normalized spacial score (nSPS) is 31.2. The number of carbonyl (C=O) groups excluding carboxylic acids is 1. The molecule has 0 heterocycles. The molecule has 3 fully saturated rings. The number of benzene rings is 1. The molecule has 1 aromatic rings. The average Bonchev–Trinajstić information content (AvgIpc) is 2.63. The molecular weight excluding hydrogens is 396 g/mol. The Balaban J connectivity index is 0.000000367. The Morgan fingerprint density at radius 1 is 1.23 bits per heavy atom. The molecule has 0 amide bonds. The van der Waals surface area contributed by atoms with E-state index in [1.165, 1.54) is 19.3 Å². The SMILES string of the molecule is Cc1ccc(C(N)=S)c(O)c1[C@]12CCC[C@H](C)[C@]1(O)CCC(=O)C2.NCC1CCC1. The minimum absolute atomic E-state index is 0.0322. The van der Waals surface area contributed by atoms with E-state index in [1.54, 1.807) is 6.07 Å². The summed E-state index contributed by atoms with van der Waals surface area (Å²) in [6.07, 6.45) is 7.85. The Morgan fingerprint density at radius 3 is 2.47 bits per heavy atom. The molecule has 0 bridgehead atoms. The lowest BCUT2D eigenvalue weighted by Crippen LogP contribution is -2.61. The minimum Gasteiger partial charge on any atom is -0.507 e. The third-order valence-corrected chi connectivity index (χ3v) is 8.08. The molecule has 0 aliphatic heterocycles. The molecule has 3 aliphatic rings. The third kappa shape index (κ3) is 3.90. The fourth-order valence-electron chi connectivity index (χ4n) is 5.77. The molecule has 166 valence electrons. The van der Waals surface area contributed by atoms with Crippen molar-refractivity contribution >= 4 is 23.0 Å². The first-order valence-corrected chi connectivity index (χ1v) is 11.6. The summed E-state index contributed by atoms with van der Waals surface area (Å²) in [6.45, 7) is 4.87. The topological polar surface area (TPSA) is 110 Å². The van der Waals surface area contributed by atoms with E-state index in [4.69, 9.17) is 23.7 Å². The Bertz CT molecular complexity index is 820. The highest BCUT2D eigenvalue weighted by atomic mass is 32.1. The number of fused-ring (bicyclic) bond motifs is 1. The van der Waals surface area contributed by atoms with Gasteiger partial charge in [-0.05, 0) is 69.0 Å². The van der Waals surface area contributed by atoms with Gasteiger partial charge in [0.2, 0.25) is 0 Å². The number of hydrogen-bond acceptors (Lipinski definition) is 5. The van der Waals surface area contributed by atoms with Gasteiger partial charge in [0, 0.05) is 23.8 Å². The largest absolute Gasteiger partial charge is 0.507 e. The zero-order chi connectivity index (χ0) is 22.1. The standard InChI is InChI=1S/C19H25NO3S.C5H11N/c1-11-5-6-14(17(20)24)16(22)15(11)18-8-3-4-12(2)19(18,23)9-7-13(21)10-18;6-4-5-2-1-3-5/h5-6,12,22-23H,3-4,7-10H2,1-2H3,(H2,20,24);5H,1-4,6H2/t12-,18+,19+;/m0./s1. The monoisotopic (exact) mass is 432 g/mol. The smallest absolute Gasteiger partial charge is 0.134 e. The van der Waals surface area contributed by atoms with Crippen molar-refractivity contribution < 1.29 is 15.0 Å². The minimum atomic E-state index is -0.990. The Labute approximate surface area is 185 Å². The second kappa shape index (κ2) is 8.93. The van der Waals surface area contributed by atoms with Crippen LogP contribution in [-0.2, 0) is 10.2 Å². The molecule has 3 atom stereocenters.